The van der Waals surface area contributed by atoms with E-state index in [4.69, 9.17) is 9.32 Å². The third kappa shape index (κ3) is 5.83. The normalized spacial score (nSPS) is 18.1. The van der Waals surface area contributed by atoms with Gasteiger partial charge in [-0.05, 0) is 80.8 Å². The van der Waals surface area contributed by atoms with Crippen LogP contribution in [-0.4, -0.2) is 41.5 Å². The van der Waals surface area contributed by atoms with Crippen molar-refractivity contribution in [2.75, 3.05) is 31.1 Å². The zero-order chi connectivity index (χ0) is 30.8. The third-order valence-electron chi connectivity index (χ3n) is 8.99. The fourth-order valence-electron chi connectivity index (χ4n) is 6.83. The van der Waals surface area contributed by atoms with Crippen LogP contribution in [0.1, 0.15) is 79.4 Å². The van der Waals surface area contributed by atoms with Gasteiger partial charge in [0, 0.05) is 65.5 Å². The highest BCUT2D eigenvalue weighted by Gasteiger charge is 2.45. The van der Waals surface area contributed by atoms with Crippen molar-refractivity contribution in [3.63, 3.8) is 0 Å². The van der Waals surface area contributed by atoms with Crippen LogP contribution >= 0.6 is 12.0 Å². The lowest BCUT2D eigenvalue weighted by molar-refractivity contribution is -0.437. The van der Waals surface area contributed by atoms with E-state index in [0.29, 0.717) is 0 Å². The van der Waals surface area contributed by atoms with Gasteiger partial charge >= 0.3 is 0 Å². The highest BCUT2D eigenvalue weighted by molar-refractivity contribution is 7.94. The van der Waals surface area contributed by atoms with Gasteiger partial charge < -0.3 is 4.90 Å². The average molecular weight is 599 g/mol. The number of hydrogen-bond donors (Lipinski definition) is 0. The Kier molecular flexibility index (Phi) is 9.52. The Morgan fingerprint density at radius 3 is 2.40 bits per heavy atom. The number of benzene rings is 3. The third-order valence-corrected chi connectivity index (χ3v) is 9.57. The first-order valence-corrected chi connectivity index (χ1v) is 16.7. The molecule has 3 aromatic carbocycles. The summed E-state index contributed by atoms with van der Waals surface area (Å²) in [7, 11) is 0. The maximum Gasteiger partial charge on any atom is 0.210 e. The molecular formula is C37H48N3O2S+. The van der Waals surface area contributed by atoms with E-state index >= 15 is 0 Å². The number of hydrogen-bond acceptors (Lipinski definition) is 5. The van der Waals surface area contributed by atoms with Crippen LogP contribution in [0.5, 0.6) is 0 Å². The molecule has 0 saturated carbocycles. The molecule has 0 spiro atoms. The number of hydroxylamine groups is 2. The Labute approximate surface area is 263 Å². The van der Waals surface area contributed by atoms with E-state index < -0.39 is 0 Å². The van der Waals surface area contributed by atoms with E-state index in [1.807, 2.05) is 0 Å². The van der Waals surface area contributed by atoms with Crippen LogP contribution in [0.25, 0.3) is 10.8 Å². The van der Waals surface area contributed by atoms with Gasteiger partial charge in [0.2, 0.25) is 5.69 Å². The van der Waals surface area contributed by atoms with Crippen molar-refractivity contribution in [1.29, 1.82) is 0 Å². The van der Waals surface area contributed by atoms with E-state index in [1.54, 1.807) is 5.06 Å². The summed E-state index contributed by atoms with van der Waals surface area (Å²) >= 11 is 1.27. The van der Waals surface area contributed by atoms with Crippen LogP contribution in [0.3, 0.4) is 0 Å². The minimum atomic E-state index is -0.150. The molecule has 5 rings (SSSR count). The molecule has 2 aliphatic rings. The average Bonchev–Trinajstić information content (AvgIpc) is 3.34. The van der Waals surface area contributed by atoms with Crippen molar-refractivity contribution in [3.05, 3.63) is 89.6 Å². The number of fused-ring (bicyclic) bond motifs is 4. The van der Waals surface area contributed by atoms with E-state index in [2.05, 4.69) is 138 Å². The molecule has 2 heterocycles. The topological polar surface area (TPSA) is 28.0 Å². The van der Waals surface area contributed by atoms with Gasteiger partial charge in [-0.25, -0.2) is 0 Å². The lowest BCUT2D eigenvalue weighted by Crippen LogP contribution is -2.28. The molecule has 3 aromatic rings. The standard InChI is InChI=1S/C37H48N3O2S/c1-9-24-39-31-23-21-28(43-42-41-38(11-3)12-4)26-30(31)36(5,6)33(39)18-15-19-34-37(7,8)35-29-17-14-13-16-27(29)20-22-32(35)40(34)25-10-2/h13-23,26H,9-12,24-25H2,1-8H3/q+1. The van der Waals surface area contributed by atoms with Crippen LogP contribution in [0.4, 0.5) is 11.4 Å². The van der Waals surface area contributed by atoms with Crippen LogP contribution in [-0.2, 0) is 20.2 Å². The number of anilines is 1. The van der Waals surface area contributed by atoms with Gasteiger partial charge in [-0.3, -0.25) is 0 Å². The molecule has 0 atom stereocenters. The Bertz CT molecular complexity index is 1570. The van der Waals surface area contributed by atoms with Crippen molar-refractivity contribution < 1.29 is 13.9 Å². The van der Waals surface area contributed by atoms with Gasteiger partial charge in [0.1, 0.15) is 6.54 Å². The molecule has 0 aliphatic carbocycles. The molecule has 2 aliphatic heterocycles. The minimum Gasteiger partial charge on any atom is -0.344 e. The maximum atomic E-state index is 5.51. The molecule has 0 unspecified atom stereocenters. The van der Waals surface area contributed by atoms with Gasteiger partial charge in [0.25, 0.3) is 0 Å². The molecule has 0 radical (unpaired) electrons. The molecule has 0 N–H and O–H groups in total. The molecule has 5 nitrogen and oxygen atoms in total. The van der Waals surface area contributed by atoms with Crippen molar-refractivity contribution >= 4 is 39.9 Å². The molecule has 228 valence electrons. The Morgan fingerprint density at radius 1 is 0.907 bits per heavy atom. The number of rotatable bonds is 12. The first kappa shape index (κ1) is 31.5. The first-order valence-electron chi connectivity index (χ1n) is 15.9. The second kappa shape index (κ2) is 13.0. The molecule has 43 heavy (non-hydrogen) atoms. The highest BCUT2D eigenvalue weighted by atomic mass is 32.2. The SMILES string of the molecule is CCCN1/C(=C\C=C\C2=[N+](CCC)c3ccc4ccccc4c3C2(C)C)C(C)(C)c2cc(SOON(CC)CC)ccc21. The summed E-state index contributed by atoms with van der Waals surface area (Å²) in [6, 6.07) is 20.0. The van der Waals surface area contributed by atoms with E-state index in [1.165, 1.54) is 56.7 Å². The second-order valence-corrected chi connectivity index (χ2v) is 13.3. The molecular weight excluding hydrogens is 550 g/mol. The van der Waals surface area contributed by atoms with Crippen LogP contribution in [0.2, 0.25) is 0 Å². The van der Waals surface area contributed by atoms with E-state index in [0.717, 1.165) is 43.9 Å². The fraction of sp³-hybridized carbons (Fsp3) is 0.432. The number of nitrogens with zero attached hydrogens (tertiary/aromatic N) is 3. The van der Waals surface area contributed by atoms with Gasteiger partial charge in [0.05, 0.1) is 17.5 Å². The highest BCUT2D eigenvalue weighted by Crippen LogP contribution is 2.49. The lowest BCUT2D eigenvalue weighted by Gasteiger charge is -2.26. The zero-order valence-electron chi connectivity index (χ0n) is 27.2. The van der Waals surface area contributed by atoms with E-state index in [-0.39, 0.29) is 10.8 Å². The predicted octanol–water partition coefficient (Wildman–Crippen LogP) is 9.49. The molecule has 0 amide bonds. The monoisotopic (exact) mass is 598 g/mol. The van der Waals surface area contributed by atoms with Crippen molar-refractivity contribution in [1.82, 2.24) is 5.06 Å². The smallest absolute Gasteiger partial charge is 0.210 e. The summed E-state index contributed by atoms with van der Waals surface area (Å²) in [6.07, 6.45) is 9.16. The van der Waals surface area contributed by atoms with Gasteiger partial charge in [-0.1, -0.05) is 58.0 Å². The molecule has 6 heteroatoms. The van der Waals surface area contributed by atoms with Crippen molar-refractivity contribution in [2.45, 2.75) is 84.0 Å². The maximum absolute atomic E-state index is 5.51. The Hall–Kier alpha value is -2.90. The summed E-state index contributed by atoms with van der Waals surface area (Å²) in [5.41, 5.74) is 7.81. The Balaban J connectivity index is 1.48. The summed E-state index contributed by atoms with van der Waals surface area (Å²) in [5.74, 6) is 0. The zero-order valence-corrected chi connectivity index (χ0v) is 28.1. The van der Waals surface area contributed by atoms with Crippen LogP contribution in [0.15, 0.2) is 83.4 Å². The minimum absolute atomic E-state index is 0.100. The first-order chi connectivity index (χ1) is 20.7. The van der Waals surface area contributed by atoms with E-state index in [9.17, 15) is 0 Å². The van der Waals surface area contributed by atoms with Gasteiger partial charge in [0.15, 0.2) is 5.71 Å². The summed E-state index contributed by atoms with van der Waals surface area (Å²) in [5, 5.41) is 4.45. The second-order valence-electron chi connectivity index (χ2n) is 12.5. The summed E-state index contributed by atoms with van der Waals surface area (Å²) in [6.45, 7) is 21.6. The van der Waals surface area contributed by atoms with Gasteiger partial charge in [-0.2, -0.15) is 9.64 Å². The van der Waals surface area contributed by atoms with Crippen molar-refractivity contribution in [3.8, 4) is 0 Å². The molecule has 0 bridgehead atoms. The van der Waals surface area contributed by atoms with Crippen molar-refractivity contribution in [2.24, 2.45) is 0 Å². The molecule has 0 fully saturated rings. The quantitative estimate of drug-likeness (QED) is 0.0896. The molecule has 0 saturated heterocycles. The Morgan fingerprint density at radius 2 is 1.67 bits per heavy atom. The predicted molar refractivity (Wildman–Crippen MR) is 182 cm³/mol. The largest absolute Gasteiger partial charge is 0.344 e. The lowest BCUT2D eigenvalue weighted by atomic mass is 9.79. The summed E-state index contributed by atoms with van der Waals surface area (Å²) in [4.78, 5) is 8.98. The van der Waals surface area contributed by atoms with Crippen LogP contribution < -0.4 is 4.90 Å². The fourth-order valence-corrected chi connectivity index (χ4v) is 7.31. The van der Waals surface area contributed by atoms with Gasteiger partial charge in [-0.15, -0.1) is 9.32 Å². The molecule has 0 aromatic heterocycles. The number of allylic oxidation sites excluding steroid dienone is 4. The summed E-state index contributed by atoms with van der Waals surface area (Å²) < 4.78 is 8.05. The van der Waals surface area contributed by atoms with Crippen LogP contribution in [0, 0.1) is 0 Å².